The molecule has 2 heterocycles. The van der Waals surface area contributed by atoms with Gasteiger partial charge in [0.05, 0.1) is 11.4 Å². The number of nitrogens with zero attached hydrogens (tertiary/aromatic N) is 3. The molecule has 0 radical (unpaired) electrons. The number of carbonyl (C=O) groups is 1. The van der Waals surface area contributed by atoms with Gasteiger partial charge < -0.3 is 10.2 Å². The van der Waals surface area contributed by atoms with Crippen LogP contribution < -0.4 is 5.32 Å². The fraction of sp³-hybridized carbons (Fsp3) is 0.385. The minimum Gasteiger partial charge on any atom is -0.326 e. The highest BCUT2D eigenvalue weighted by Gasteiger charge is 2.24. The van der Waals surface area contributed by atoms with Crippen LogP contribution in [-0.4, -0.2) is 40.2 Å². The molecule has 5 nitrogen and oxygen atoms in total. The molecule has 0 aliphatic carbocycles. The van der Waals surface area contributed by atoms with Crippen molar-refractivity contribution in [1.82, 2.24) is 14.7 Å². The molecular formula is C26H32N4O. The number of carbonyl (C=O) groups excluding carboxylic acids is 1. The van der Waals surface area contributed by atoms with E-state index >= 15 is 0 Å². The highest BCUT2D eigenvalue weighted by molar-refractivity contribution is 5.92. The SMILES string of the molecule is Cc1cc(C)n(-c2ccc(NC(=O)C3CCN(CCCc4ccccc4)CC3)cc2)n1. The molecule has 1 fully saturated rings. The quantitative estimate of drug-likeness (QED) is 0.603. The van der Waals surface area contributed by atoms with Gasteiger partial charge in [-0.1, -0.05) is 30.3 Å². The van der Waals surface area contributed by atoms with Crippen molar-refractivity contribution in [2.75, 3.05) is 25.0 Å². The molecule has 162 valence electrons. The lowest BCUT2D eigenvalue weighted by molar-refractivity contribution is -0.121. The van der Waals surface area contributed by atoms with Gasteiger partial charge >= 0.3 is 0 Å². The van der Waals surface area contributed by atoms with E-state index in [1.165, 1.54) is 12.0 Å². The van der Waals surface area contributed by atoms with Crippen LogP contribution in [0.5, 0.6) is 0 Å². The monoisotopic (exact) mass is 416 g/mol. The average Bonchev–Trinajstić information content (AvgIpc) is 3.13. The standard InChI is InChI=1S/C26H32N4O/c1-20-19-21(2)30(28-20)25-12-10-24(11-13-25)27-26(31)23-14-17-29(18-15-23)16-6-9-22-7-4-3-5-8-22/h3-5,7-8,10-13,19,23H,6,9,14-18H2,1-2H3,(H,27,31). The first-order chi connectivity index (χ1) is 15.1. The minimum absolute atomic E-state index is 0.0982. The van der Waals surface area contributed by atoms with Gasteiger partial charge in [-0.2, -0.15) is 5.10 Å². The Morgan fingerprint density at radius 3 is 2.39 bits per heavy atom. The van der Waals surface area contributed by atoms with Crippen molar-refractivity contribution in [2.45, 2.75) is 39.5 Å². The van der Waals surface area contributed by atoms with Crippen LogP contribution in [0.15, 0.2) is 60.7 Å². The number of rotatable bonds is 7. The Hall–Kier alpha value is -2.92. The van der Waals surface area contributed by atoms with Crippen LogP contribution in [0.3, 0.4) is 0 Å². The smallest absolute Gasteiger partial charge is 0.227 e. The van der Waals surface area contributed by atoms with Crippen LogP contribution in [-0.2, 0) is 11.2 Å². The Balaban J connectivity index is 1.22. The van der Waals surface area contributed by atoms with Crippen molar-refractivity contribution in [3.05, 3.63) is 77.6 Å². The molecular weight excluding hydrogens is 384 g/mol. The second-order valence-corrected chi connectivity index (χ2v) is 8.58. The van der Waals surface area contributed by atoms with Crippen molar-refractivity contribution in [1.29, 1.82) is 0 Å². The van der Waals surface area contributed by atoms with Gasteiger partial charge in [0, 0.05) is 17.3 Å². The van der Waals surface area contributed by atoms with Gasteiger partial charge in [0.2, 0.25) is 5.91 Å². The summed E-state index contributed by atoms with van der Waals surface area (Å²) in [5.41, 5.74) is 5.36. The molecule has 1 aliphatic heterocycles. The normalized spacial score (nSPS) is 15.2. The summed E-state index contributed by atoms with van der Waals surface area (Å²) >= 11 is 0. The topological polar surface area (TPSA) is 50.2 Å². The van der Waals surface area contributed by atoms with E-state index in [1.54, 1.807) is 0 Å². The maximum atomic E-state index is 12.7. The predicted octanol–water partition coefficient (Wildman–Crippen LogP) is 4.77. The van der Waals surface area contributed by atoms with Gasteiger partial charge in [-0.3, -0.25) is 4.79 Å². The molecule has 31 heavy (non-hydrogen) atoms. The van der Waals surface area contributed by atoms with E-state index in [1.807, 2.05) is 42.8 Å². The number of hydrogen-bond acceptors (Lipinski definition) is 3. The van der Waals surface area contributed by atoms with Crippen molar-refractivity contribution < 1.29 is 4.79 Å². The van der Waals surface area contributed by atoms with E-state index in [-0.39, 0.29) is 11.8 Å². The van der Waals surface area contributed by atoms with Crippen molar-refractivity contribution in [3.8, 4) is 5.69 Å². The molecule has 1 aromatic heterocycles. The number of likely N-dealkylation sites (tertiary alicyclic amines) is 1. The van der Waals surface area contributed by atoms with E-state index in [4.69, 9.17) is 0 Å². The molecule has 0 spiro atoms. The van der Waals surface area contributed by atoms with Crippen LogP contribution >= 0.6 is 0 Å². The lowest BCUT2D eigenvalue weighted by atomic mass is 9.95. The third kappa shape index (κ3) is 5.61. The van der Waals surface area contributed by atoms with E-state index in [0.29, 0.717) is 0 Å². The van der Waals surface area contributed by atoms with Gasteiger partial charge in [-0.25, -0.2) is 4.68 Å². The lowest BCUT2D eigenvalue weighted by Crippen LogP contribution is -2.38. The van der Waals surface area contributed by atoms with Gasteiger partial charge in [-0.15, -0.1) is 0 Å². The number of nitrogens with one attached hydrogen (secondary N) is 1. The Morgan fingerprint density at radius 1 is 1.03 bits per heavy atom. The number of amides is 1. The number of piperidine rings is 1. The molecule has 0 saturated carbocycles. The van der Waals surface area contributed by atoms with Crippen molar-refractivity contribution in [2.24, 2.45) is 5.92 Å². The molecule has 3 aromatic rings. The zero-order valence-corrected chi connectivity index (χ0v) is 18.6. The summed E-state index contributed by atoms with van der Waals surface area (Å²) in [4.78, 5) is 15.2. The molecule has 1 aliphatic rings. The first-order valence-electron chi connectivity index (χ1n) is 11.3. The number of aryl methyl sites for hydroxylation is 3. The maximum absolute atomic E-state index is 12.7. The van der Waals surface area contributed by atoms with E-state index in [2.05, 4.69) is 51.7 Å². The van der Waals surface area contributed by atoms with Crippen LogP contribution in [0.2, 0.25) is 0 Å². The van der Waals surface area contributed by atoms with Crippen LogP contribution in [0, 0.1) is 19.8 Å². The third-order valence-electron chi connectivity index (χ3n) is 6.13. The number of benzene rings is 2. The van der Waals surface area contributed by atoms with E-state index < -0.39 is 0 Å². The number of anilines is 1. The highest BCUT2D eigenvalue weighted by Crippen LogP contribution is 2.21. The average molecular weight is 417 g/mol. The Bertz CT molecular complexity index is 986. The lowest BCUT2D eigenvalue weighted by Gasteiger charge is -2.31. The summed E-state index contributed by atoms with van der Waals surface area (Å²) in [7, 11) is 0. The second kappa shape index (κ2) is 9.92. The zero-order chi connectivity index (χ0) is 21.6. The molecule has 0 unspecified atom stereocenters. The largest absolute Gasteiger partial charge is 0.326 e. The van der Waals surface area contributed by atoms with Crippen molar-refractivity contribution in [3.63, 3.8) is 0 Å². The minimum atomic E-state index is 0.0982. The molecule has 1 amide bonds. The summed E-state index contributed by atoms with van der Waals surface area (Å²) in [5.74, 6) is 0.240. The summed E-state index contributed by atoms with van der Waals surface area (Å²) in [6, 6.07) is 20.7. The molecule has 5 heteroatoms. The van der Waals surface area contributed by atoms with Gasteiger partial charge in [0.25, 0.3) is 0 Å². The highest BCUT2D eigenvalue weighted by atomic mass is 16.1. The molecule has 2 aromatic carbocycles. The first kappa shape index (κ1) is 21.3. The van der Waals surface area contributed by atoms with Crippen LogP contribution in [0.1, 0.15) is 36.2 Å². The van der Waals surface area contributed by atoms with E-state index in [9.17, 15) is 4.79 Å². The third-order valence-corrected chi connectivity index (χ3v) is 6.13. The summed E-state index contributed by atoms with van der Waals surface area (Å²) < 4.78 is 1.93. The maximum Gasteiger partial charge on any atom is 0.227 e. The first-order valence-corrected chi connectivity index (χ1v) is 11.3. The van der Waals surface area contributed by atoms with E-state index in [0.717, 1.165) is 61.7 Å². The number of hydrogen-bond donors (Lipinski definition) is 1. The second-order valence-electron chi connectivity index (χ2n) is 8.58. The number of aromatic nitrogens is 2. The zero-order valence-electron chi connectivity index (χ0n) is 18.6. The summed E-state index contributed by atoms with van der Waals surface area (Å²) in [5, 5.41) is 7.62. The predicted molar refractivity (Wildman–Crippen MR) is 126 cm³/mol. The molecule has 1 N–H and O–H groups in total. The Morgan fingerprint density at radius 2 is 1.74 bits per heavy atom. The van der Waals surface area contributed by atoms with Gasteiger partial charge in [0.15, 0.2) is 0 Å². The van der Waals surface area contributed by atoms with Crippen molar-refractivity contribution >= 4 is 11.6 Å². The summed E-state index contributed by atoms with van der Waals surface area (Å²) in [6.45, 7) is 7.15. The molecule has 0 atom stereocenters. The van der Waals surface area contributed by atoms with Gasteiger partial charge in [0.1, 0.15) is 0 Å². The Labute approximate surface area is 185 Å². The van der Waals surface area contributed by atoms with Gasteiger partial charge in [-0.05, 0) is 95.1 Å². The summed E-state index contributed by atoms with van der Waals surface area (Å²) in [6.07, 6.45) is 4.15. The molecule has 4 rings (SSSR count). The molecule has 1 saturated heterocycles. The fourth-order valence-corrected chi connectivity index (χ4v) is 4.39. The Kier molecular flexibility index (Phi) is 6.82. The van der Waals surface area contributed by atoms with Crippen LogP contribution in [0.4, 0.5) is 5.69 Å². The fourth-order valence-electron chi connectivity index (χ4n) is 4.39. The van der Waals surface area contributed by atoms with Crippen LogP contribution in [0.25, 0.3) is 5.69 Å². The molecule has 0 bridgehead atoms.